The number of hydrogen-bond acceptors (Lipinski definition) is 5. The second-order valence-electron chi connectivity index (χ2n) is 7.92. The Hall–Kier alpha value is -3.07. The Labute approximate surface area is 204 Å². The van der Waals surface area contributed by atoms with Gasteiger partial charge in [0.05, 0.1) is 23.6 Å². The van der Waals surface area contributed by atoms with Gasteiger partial charge in [-0.25, -0.2) is 8.42 Å². The van der Waals surface area contributed by atoms with E-state index in [1.807, 2.05) is 30.3 Å². The van der Waals surface area contributed by atoms with E-state index in [1.165, 1.54) is 23.5 Å². The summed E-state index contributed by atoms with van der Waals surface area (Å²) < 4.78 is 38.6. The normalized spacial score (nSPS) is 16.6. The number of nitrogens with zero attached hydrogens (tertiary/aromatic N) is 1. The maximum Gasteiger partial charge on any atom is 0.243 e. The number of benzene rings is 3. The topological polar surface area (TPSA) is 84.9 Å². The van der Waals surface area contributed by atoms with Gasteiger partial charge < -0.3 is 14.8 Å². The number of ether oxygens (including phenoxy) is 2. The molecule has 3 aromatic carbocycles. The molecule has 1 aliphatic heterocycles. The Balaban J connectivity index is 1.49. The van der Waals surface area contributed by atoms with Crippen LogP contribution >= 0.6 is 11.6 Å². The van der Waals surface area contributed by atoms with Crippen LogP contribution in [0.3, 0.4) is 0 Å². The molecule has 0 aliphatic carbocycles. The number of carbonyl (C=O) groups excluding carboxylic acids is 1. The van der Waals surface area contributed by atoms with Gasteiger partial charge in [0.15, 0.2) is 5.75 Å². The lowest BCUT2D eigenvalue weighted by molar-refractivity contribution is -0.120. The summed E-state index contributed by atoms with van der Waals surface area (Å²) in [5, 5.41) is 3.33. The van der Waals surface area contributed by atoms with Crippen LogP contribution in [0.5, 0.6) is 17.2 Å². The minimum atomic E-state index is -3.73. The second kappa shape index (κ2) is 10.5. The van der Waals surface area contributed by atoms with Crippen molar-refractivity contribution in [1.82, 2.24) is 4.31 Å². The first-order chi connectivity index (χ1) is 16.4. The molecule has 0 aromatic heterocycles. The Kier molecular flexibility index (Phi) is 7.41. The van der Waals surface area contributed by atoms with E-state index in [-0.39, 0.29) is 17.3 Å². The number of sulfonamides is 1. The summed E-state index contributed by atoms with van der Waals surface area (Å²) >= 11 is 6.16. The fraction of sp³-hybridized carbons (Fsp3) is 0.240. The van der Waals surface area contributed by atoms with Crippen molar-refractivity contribution in [3.63, 3.8) is 0 Å². The van der Waals surface area contributed by atoms with Gasteiger partial charge in [0.1, 0.15) is 11.5 Å². The molecular weight excluding hydrogens is 476 g/mol. The molecule has 1 amide bonds. The lowest BCUT2D eigenvalue weighted by Gasteiger charge is -2.31. The van der Waals surface area contributed by atoms with Crippen LogP contribution in [0.25, 0.3) is 0 Å². The molecular formula is C25H25ClN2O5S. The minimum Gasteiger partial charge on any atom is -0.497 e. The van der Waals surface area contributed by atoms with Crippen LogP contribution in [-0.4, -0.2) is 38.8 Å². The van der Waals surface area contributed by atoms with Gasteiger partial charge >= 0.3 is 0 Å². The molecule has 34 heavy (non-hydrogen) atoms. The molecule has 1 unspecified atom stereocenters. The Morgan fingerprint density at radius 3 is 2.47 bits per heavy atom. The van der Waals surface area contributed by atoms with Gasteiger partial charge in [-0.15, -0.1) is 0 Å². The molecule has 0 spiro atoms. The van der Waals surface area contributed by atoms with Gasteiger partial charge in [0, 0.05) is 18.1 Å². The van der Waals surface area contributed by atoms with Crippen molar-refractivity contribution in [3.05, 3.63) is 77.8 Å². The van der Waals surface area contributed by atoms with Crippen LogP contribution in [0.15, 0.2) is 77.7 Å². The van der Waals surface area contributed by atoms with E-state index in [0.29, 0.717) is 47.3 Å². The first kappa shape index (κ1) is 24.1. The van der Waals surface area contributed by atoms with Crippen LogP contribution in [-0.2, 0) is 14.8 Å². The molecule has 9 heteroatoms. The lowest BCUT2D eigenvalue weighted by Crippen LogP contribution is -2.43. The number of amides is 1. The number of para-hydroxylation sites is 1. The van der Waals surface area contributed by atoms with Crippen molar-refractivity contribution in [2.45, 2.75) is 17.7 Å². The van der Waals surface area contributed by atoms with Crippen LogP contribution in [0.4, 0.5) is 5.69 Å². The summed E-state index contributed by atoms with van der Waals surface area (Å²) in [6, 6.07) is 20.4. The van der Waals surface area contributed by atoms with E-state index >= 15 is 0 Å². The maximum atomic E-state index is 13.1. The first-order valence-corrected chi connectivity index (χ1v) is 12.7. The van der Waals surface area contributed by atoms with E-state index in [4.69, 9.17) is 21.1 Å². The zero-order chi connectivity index (χ0) is 24.1. The van der Waals surface area contributed by atoms with Gasteiger partial charge in [0.2, 0.25) is 15.9 Å². The zero-order valence-corrected chi connectivity index (χ0v) is 20.2. The number of methoxy groups -OCH3 is 1. The Morgan fingerprint density at radius 2 is 1.76 bits per heavy atom. The zero-order valence-electron chi connectivity index (χ0n) is 18.6. The highest BCUT2D eigenvalue weighted by Crippen LogP contribution is 2.33. The summed E-state index contributed by atoms with van der Waals surface area (Å²) in [5.41, 5.74) is 0.427. The van der Waals surface area contributed by atoms with Crippen LogP contribution in [0, 0.1) is 5.92 Å². The van der Waals surface area contributed by atoms with E-state index in [0.717, 1.165) is 0 Å². The minimum absolute atomic E-state index is 0.0929. The highest BCUT2D eigenvalue weighted by Gasteiger charge is 2.33. The van der Waals surface area contributed by atoms with Crippen molar-refractivity contribution >= 4 is 33.2 Å². The Bertz CT molecular complexity index is 1250. The third-order valence-electron chi connectivity index (χ3n) is 5.62. The van der Waals surface area contributed by atoms with Crippen molar-refractivity contribution in [2.24, 2.45) is 5.92 Å². The fourth-order valence-corrected chi connectivity index (χ4v) is 5.51. The summed E-state index contributed by atoms with van der Waals surface area (Å²) in [6.07, 6.45) is 1.16. The third kappa shape index (κ3) is 5.52. The molecule has 7 nitrogen and oxygen atoms in total. The summed E-state index contributed by atoms with van der Waals surface area (Å²) in [4.78, 5) is 13.3. The van der Waals surface area contributed by atoms with E-state index in [9.17, 15) is 13.2 Å². The molecule has 0 saturated carbocycles. The van der Waals surface area contributed by atoms with Gasteiger partial charge in [-0.2, -0.15) is 4.31 Å². The molecule has 1 N–H and O–H groups in total. The van der Waals surface area contributed by atoms with Crippen molar-refractivity contribution in [1.29, 1.82) is 0 Å². The van der Waals surface area contributed by atoms with Crippen molar-refractivity contribution in [3.8, 4) is 17.2 Å². The highest BCUT2D eigenvalue weighted by atomic mass is 35.5. The van der Waals surface area contributed by atoms with Gasteiger partial charge in [-0.1, -0.05) is 29.8 Å². The summed E-state index contributed by atoms with van der Waals surface area (Å²) in [7, 11) is -2.21. The predicted octanol–water partition coefficient (Wildman–Crippen LogP) is 5.18. The molecule has 1 fully saturated rings. The second-order valence-corrected chi connectivity index (χ2v) is 10.3. The number of hydrogen-bond donors (Lipinski definition) is 1. The number of nitrogens with one attached hydrogen (secondary N) is 1. The van der Waals surface area contributed by atoms with E-state index in [1.54, 1.807) is 30.3 Å². The number of halogens is 1. The standard InChI is InChI=1S/C25H25ClN2O5S/c1-32-20-10-12-22(13-11-20)34(30,31)28-15-5-6-18(17-28)25(29)27-23-16-19(26)9-14-24(23)33-21-7-3-2-4-8-21/h2-4,7-14,16,18H,5-6,15,17H2,1H3,(H,27,29). The average Bonchev–Trinajstić information content (AvgIpc) is 2.86. The van der Waals surface area contributed by atoms with E-state index < -0.39 is 15.9 Å². The number of carbonyl (C=O) groups is 1. The average molecular weight is 501 g/mol. The van der Waals surface area contributed by atoms with Gasteiger partial charge in [-0.05, 0) is 67.4 Å². The maximum absolute atomic E-state index is 13.1. The largest absolute Gasteiger partial charge is 0.497 e. The van der Waals surface area contributed by atoms with Gasteiger partial charge in [-0.3, -0.25) is 4.79 Å². The number of piperidine rings is 1. The highest BCUT2D eigenvalue weighted by molar-refractivity contribution is 7.89. The van der Waals surface area contributed by atoms with Crippen LogP contribution in [0.2, 0.25) is 5.02 Å². The van der Waals surface area contributed by atoms with E-state index in [2.05, 4.69) is 5.32 Å². The molecule has 178 valence electrons. The smallest absolute Gasteiger partial charge is 0.243 e. The molecule has 1 heterocycles. The molecule has 3 aromatic rings. The van der Waals surface area contributed by atoms with Crippen molar-refractivity contribution in [2.75, 3.05) is 25.5 Å². The third-order valence-corrected chi connectivity index (χ3v) is 7.74. The molecule has 0 radical (unpaired) electrons. The number of anilines is 1. The van der Waals surface area contributed by atoms with Crippen LogP contribution in [0.1, 0.15) is 12.8 Å². The first-order valence-electron chi connectivity index (χ1n) is 10.8. The summed E-state index contributed by atoms with van der Waals surface area (Å²) in [5.74, 6) is 0.849. The molecule has 1 aliphatic rings. The van der Waals surface area contributed by atoms with Gasteiger partial charge in [0.25, 0.3) is 0 Å². The fourth-order valence-electron chi connectivity index (χ4n) is 3.81. The lowest BCUT2D eigenvalue weighted by atomic mass is 9.98. The Morgan fingerprint density at radius 1 is 1.03 bits per heavy atom. The summed E-state index contributed by atoms with van der Waals surface area (Å²) in [6.45, 7) is 0.452. The monoisotopic (exact) mass is 500 g/mol. The quantitative estimate of drug-likeness (QED) is 0.483. The molecule has 1 saturated heterocycles. The molecule has 1 atom stereocenters. The molecule has 0 bridgehead atoms. The SMILES string of the molecule is COc1ccc(S(=O)(=O)N2CCCC(C(=O)Nc3cc(Cl)ccc3Oc3ccccc3)C2)cc1. The van der Waals surface area contributed by atoms with Crippen molar-refractivity contribution < 1.29 is 22.7 Å². The predicted molar refractivity (Wildman–Crippen MR) is 131 cm³/mol. The number of rotatable bonds is 7. The van der Waals surface area contributed by atoms with Crippen LogP contribution < -0.4 is 14.8 Å². The molecule has 4 rings (SSSR count).